The molecule has 0 fully saturated rings. The van der Waals surface area contributed by atoms with Crippen molar-refractivity contribution in [2.24, 2.45) is 0 Å². The number of nitrogens with one attached hydrogen (secondary N) is 1. The van der Waals surface area contributed by atoms with E-state index < -0.39 is 0 Å². The molecule has 0 saturated carbocycles. The van der Waals surface area contributed by atoms with Gasteiger partial charge in [-0.15, -0.1) is 0 Å². The standard InChI is InChI=1S/C20H19N5OS/c26-19-17-9-5-4-8-16(17)14-21-25(19)13-11-18-22-23-20(27)24(18)12-10-15-6-2-1-3-7-15/h1-9,14H,10-13H2,(H,23,27). The molecule has 27 heavy (non-hydrogen) atoms. The van der Waals surface area contributed by atoms with Gasteiger partial charge in [0.05, 0.1) is 18.1 Å². The smallest absolute Gasteiger partial charge is 0.274 e. The number of aromatic nitrogens is 5. The van der Waals surface area contributed by atoms with E-state index >= 15 is 0 Å². The van der Waals surface area contributed by atoms with Crippen LogP contribution in [-0.2, 0) is 25.9 Å². The molecule has 136 valence electrons. The van der Waals surface area contributed by atoms with E-state index in [0.29, 0.717) is 23.1 Å². The Labute approximate surface area is 161 Å². The summed E-state index contributed by atoms with van der Waals surface area (Å²) in [6.45, 7) is 1.20. The molecule has 2 aromatic carbocycles. The minimum Gasteiger partial charge on any atom is -0.304 e. The average molecular weight is 377 g/mol. The van der Waals surface area contributed by atoms with Gasteiger partial charge in [-0.2, -0.15) is 10.2 Å². The van der Waals surface area contributed by atoms with Crippen molar-refractivity contribution in [3.63, 3.8) is 0 Å². The Balaban J connectivity index is 1.51. The third kappa shape index (κ3) is 3.73. The van der Waals surface area contributed by atoms with Crippen molar-refractivity contribution < 1.29 is 0 Å². The number of benzene rings is 2. The molecule has 6 nitrogen and oxygen atoms in total. The normalized spacial score (nSPS) is 11.1. The number of fused-ring (bicyclic) bond motifs is 1. The fourth-order valence-corrected chi connectivity index (χ4v) is 3.39. The lowest BCUT2D eigenvalue weighted by Gasteiger charge is -2.08. The molecule has 2 heterocycles. The lowest BCUT2D eigenvalue weighted by molar-refractivity contribution is 0.548. The molecule has 2 aromatic heterocycles. The summed E-state index contributed by atoms with van der Waals surface area (Å²) in [4.78, 5) is 12.6. The Morgan fingerprint density at radius 2 is 1.74 bits per heavy atom. The number of hydrogen-bond donors (Lipinski definition) is 1. The second-order valence-corrected chi connectivity index (χ2v) is 6.73. The maximum absolute atomic E-state index is 12.6. The van der Waals surface area contributed by atoms with Gasteiger partial charge in [-0.1, -0.05) is 48.5 Å². The molecular weight excluding hydrogens is 358 g/mol. The molecule has 0 saturated heterocycles. The van der Waals surface area contributed by atoms with Crippen molar-refractivity contribution >= 4 is 23.0 Å². The lowest BCUT2D eigenvalue weighted by Crippen LogP contribution is -2.24. The second kappa shape index (κ2) is 7.67. The Morgan fingerprint density at radius 1 is 0.963 bits per heavy atom. The van der Waals surface area contributed by atoms with Crippen LogP contribution in [0.1, 0.15) is 11.4 Å². The van der Waals surface area contributed by atoms with Crippen LogP contribution in [0.5, 0.6) is 0 Å². The summed E-state index contributed by atoms with van der Waals surface area (Å²) in [7, 11) is 0. The van der Waals surface area contributed by atoms with E-state index in [1.807, 2.05) is 47.0 Å². The minimum atomic E-state index is -0.0851. The molecule has 0 radical (unpaired) electrons. The van der Waals surface area contributed by atoms with Gasteiger partial charge in [0.2, 0.25) is 0 Å². The van der Waals surface area contributed by atoms with Crippen molar-refractivity contribution in [1.29, 1.82) is 0 Å². The highest BCUT2D eigenvalue weighted by Gasteiger charge is 2.09. The van der Waals surface area contributed by atoms with Crippen LogP contribution >= 0.6 is 12.2 Å². The van der Waals surface area contributed by atoms with Crippen LogP contribution in [0.15, 0.2) is 65.6 Å². The van der Waals surface area contributed by atoms with Crippen LogP contribution in [0.2, 0.25) is 0 Å². The van der Waals surface area contributed by atoms with Crippen LogP contribution in [0.4, 0.5) is 0 Å². The Kier molecular flexibility index (Phi) is 4.93. The monoisotopic (exact) mass is 377 g/mol. The summed E-state index contributed by atoms with van der Waals surface area (Å²) >= 11 is 5.37. The minimum absolute atomic E-state index is 0.0851. The molecule has 0 spiro atoms. The van der Waals surface area contributed by atoms with Gasteiger partial charge < -0.3 is 4.57 Å². The molecule has 0 aliphatic rings. The molecular formula is C20H19N5OS. The van der Waals surface area contributed by atoms with E-state index in [2.05, 4.69) is 27.4 Å². The maximum Gasteiger partial charge on any atom is 0.274 e. The van der Waals surface area contributed by atoms with Gasteiger partial charge in [-0.25, -0.2) is 4.68 Å². The zero-order chi connectivity index (χ0) is 18.6. The molecule has 0 bridgehead atoms. The van der Waals surface area contributed by atoms with Crippen LogP contribution in [-0.4, -0.2) is 24.5 Å². The van der Waals surface area contributed by atoms with Crippen molar-refractivity contribution in [3.05, 3.63) is 87.3 Å². The summed E-state index contributed by atoms with van der Waals surface area (Å²) in [5.41, 5.74) is 1.16. The Morgan fingerprint density at radius 3 is 2.59 bits per heavy atom. The zero-order valence-corrected chi connectivity index (χ0v) is 15.5. The predicted molar refractivity (Wildman–Crippen MR) is 107 cm³/mol. The number of aryl methyl sites for hydroxylation is 3. The Hall–Kier alpha value is -3.06. The SMILES string of the molecule is O=c1c2ccccc2cnn1CCc1n[nH]c(=S)n1CCc1ccccc1. The Bertz CT molecular complexity index is 1180. The van der Waals surface area contributed by atoms with Crippen molar-refractivity contribution in [2.45, 2.75) is 25.9 Å². The third-order valence-corrected chi connectivity index (χ3v) is 4.92. The van der Waals surface area contributed by atoms with Gasteiger partial charge in [0.1, 0.15) is 5.82 Å². The molecule has 0 aliphatic heterocycles. The summed E-state index contributed by atoms with van der Waals surface area (Å²) in [5.74, 6) is 0.831. The van der Waals surface area contributed by atoms with Crippen LogP contribution in [0, 0.1) is 4.77 Å². The zero-order valence-electron chi connectivity index (χ0n) is 14.7. The fourth-order valence-electron chi connectivity index (χ4n) is 3.15. The summed E-state index contributed by atoms with van der Waals surface area (Å²) in [6.07, 6.45) is 3.17. The van der Waals surface area contributed by atoms with Crippen LogP contribution < -0.4 is 5.56 Å². The highest BCUT2D eigenvalue weighted by atomic mass is 32.1. The second-order valence-electron chi connectivity index (χ2n) is 6.34. The van der Waals surface area contributed by atoms with Crippen molar-refractivity contribution in [3.8, 4) is 0 Å². The van der Waals surface area contributed by atoms with Gasteiger partial charge in [-0.05, 0) is 30.3 Å². The van der Waals surface area contributed by atoms with Gasteiger partial charge in [0.15, 0.2) is 4.77 Å². The molecule has 0 amide bonds. The van der Waals surface area contributed by atoms with Crippen molar-refractivity contribution in [2.75, 3.05) is 0 Å². The topological polar surface area (TPSA) is 68.5 Å². The first kappa shape index (κ1) is 17.4. The van der Waals surface area contributed by atoms with Gasteiger partial charge >= 0.3 is 0 Å². The van der Waals surface area contributed by atoms with E-state index in [-0.39, 0.29) is 5.56 Å². The number of nitrogens with zero attached hydrogens (tertiary/aromatic N) is 4. The fraction of sp³-hybridized carbons (Fsp3) is 0.200. The summed E-state index contributed by atoms with van der Waals surface area (Å²) in [5, 5.41) is 13.0. The molecule has 1 N–H and O–H groups in total. The summed E-state index contributed by atoms with van der Waals surface area (Å²) in [6, 6.07) is 17.7. The van der Waals surface area contributed by atoms with Gasteiger partial charge in [0.25, 0.3) is 5.56 Å². The number of rotatable bonds is 6. The number of hydrogen-bond acceptors (Lipinski definition) is 4. The maximum atomic E-state index is 12.6. The first-order valence-electron chi connectivity index (χ1n) is 8.85. The lowest BCUT2D eigenvalue weighted by atomic mass is 10.1. The highest BCUT2D eigenvalue weighted by Crippen LogP contribution is 2.08. The van der Waals surface area contributed by atoms with Crippen LogP contribution in [0.3, 0.4) is 0 Å². The highest BCUT2D eigenvalue weighted by molar-refractivity contribution is 7.71. The molecule has 0 unspecified atom stereocenters. The number of H-pyrrole nitrogens is 1. The average Bonchev–Trinajstić information content (AvgIpc) is 3.06. The first-order chi connectivity index (χ1) is 13.2. The van der Waals surface area contributed by atoms with Gasteiger partial charge in [0, 0.05) is 18.4 Å². The quantitative estimate of drug-likeness (QED) is 0.524. The third-order valence-electron chi connectivity index (χ3n) is 4.61. The number of aromatic amines is 1. The molecule has 4 aromatic rings. The summed E-state index contributed by atoms with van der Waals surface area (Å²) < 4.78 is 4.08. The van der Waals surface area contributed by atoms with Gasteiger partial charge in [-0.3, -0.25) is 9.89 Å². The largest absolute Gasteiger partial charge is 0.304 e. The van der Waals surface area contributed by atoms with Crippen LogP contribution in [0.25, 0.3) is 10.8 Å². The van der Waals surface area contributed by atoms with E-state index in [1.165, 1.54) is 10.2 Å². The van der Waals surface area contributed by atoms with E-state index in [4.69, 9.17) is 12.2 Å². The van der Waals surface area contributed by atoms with Crippen molar-refractivity contribution in [1.82, 2.24) is 24.5 Å². The molecule has 0 atom stereocenters. The van der Waals surface area contributed by atoms with E-state index in [1.54, 1.807) is 6.20 Å². The first-order valence-corrected chi connectivity index (χ1v) is 9.26. The molecule has 4 rings (SSSR count). The molecule has 0 aliphatic carbocycles. The van der Waals surface area contributed by atoms with E-state index in [9.17, 15) is 4.79 Å². The van der Waals surface area contributed by atoms with E-state index in [0.717, 1.165) is 24.2 Å². The molecule has 7 heteroatoms. The predicted octanol–water partition coefficient (Wildman–Crippen LogP) is 3.14.